The van der Waals surface area contributed by atoms with E-state index in [-0.39, 0.29) is 25.4 Å². The van der Waals surface area contributed by atoms with E-state index in [1.165, 1.54) is 0 Å². The Bertz CT molecular complexity index is 1060. The average molecular weight is 474 g/mol. The van der Waals surface area contributed by atoms with E-state index in [4.69, 9.17) is 37.4 Å². The number of fused-ring (bicyclic) bond motifs is 2. The first kappa shape index (κ1) is 22.4. The second kappa shape index (κ2) is 9.77. The van der Waals surface area contributed by atoms with E-state index in [1.54, 1.807) is 12.1 Å². The van der Waals surface area contributed by atoms with Crippen LogP contribution >= 0.6 is 23.2 Å². The van der Waals surface area contributed by atoms with Crippen LogP contribution in [0.25, 0.3) is 0 Å². The van der Waals surface area contributed by atoms with Crippen LogP contribution in [0.4, 0.5) is 5.69 Å². The molecular weight excluding hydrogens is 453 g/mol. The van der Waals surface area contributed by atoms with E-state index >= 15 is 0 Å². The summed E-state index contributed by atoms with van der Waals surface area (Å²) in [5.74, 6) is 0. The van der Waals surface area contributed by atoms with Gasteiger partial charge in [-0.2, -0.15) is 0 Å². The predicted octanol–water partition coefficient (Wildman–Crippen LogP) is 4.37. The van der Waals surface area contributed by atoms with Crippen molar-refractivity contribution in [3.05, 3.63) is 87.4 Å². The Morgan fingerprint density at radius 3 is 2.53 bits per heavy atom. The Morgan fingerprint density at radius 1 is 1.06 bits per heavy atom. The van der Waals surface area contributed by atoms with Crippen molar-refractivity contribution in [2.24, 2.45) is 0 Å². The number of benzene rings is 2. The van der Waals surface area contributed by atoms with Gasteiger partial charge in [-0.1, -0.05) is 53.5 Å². The summed E-state index contributed by atoms with van der Waals surface area (Å²) in [5, 5.41) is 4.65. The number of nitrogens with one attached hydrogen (secondary N) is 1. The Hall–Kier alpha value is -2.80. The SMILES string of the molecule is O=COCC1=C(COC=O)C2(C(Cc3ccc(Cl)cc3Cl)Nc3ccccc3)C=CC1O2. The molecule has 4 rings (SSSR count). The molecule has 0 saturated heterocycles. The number of anilines is 1. The Labute approximate surface area is 195 Å². The minimum absolute atomic E-state index is 0.0171. The van der Waals surface area contributed by atoms with Gasteiger partial charge in [-0.15, -0.1) is 0 Å². The zero-order chi connectivity index (χ0) is 22.6. The highest BCUT2D eigenvalue weighted by Gasteiger charge is 2.53. The third kappa shape index (κ3) is 4.39. The van der Waals surface area contributed by atoms with Crippen molar-refractivity contribution < 1.29 is 23.8 Å². The van der Waals surface area contributed by atoms with Crippen LogP contribution in [0, 0.1) is 0 Å². The molecule has 2 aromatic carbocycles. The van der Waals surface area contributed by atoms with Gasteiger partial charge >= 0.3 is 0 Å². The molecule has 2 aliphatic rings. The lowest BCUT2D eigenvalue weighted by atomic mass is 9.79. The molecule has 8 heteroatoms. The highest BCUT2D eigenvalue weighted by atomic mass is 35.5. The molecule has 3 atom stereocenters. The molecule has 0 aromatic heterocycles. The second-order valence-electron chi connectivity index (χ2n) is 7.51. The summed E-state index contributed by atoms with van der Waals surface area (Å²) in [6, 6.07) is 14.8. The highest BCUT2D eigenvalue weighted by Crippen LogP contribution is 2.47. The zero-order valence-corrected chi connectivity index (χ0v) is 18.5. The Morgan fingerprint density at radius 2 is 1.81 bits per heavy atom. The van der Waals surface area contributed by atoms with Gasteiger partial charge in [0.1, 0.15) is 24.9 Å². The highest BCUT2D eigenvalue weighted by molar-refractivity contribution is 6.35. The number of hydrogen-bond acceptors (Lipinski definition) is 6. The van der Waals surface area contributed by atoms with Crippen molar-refractivity contribution >= 4 is 41.8 Å². The first-order valence-electron chi connectivity index (χ1n) is 10.0. The van der Waals surface area contributed by atoms with E-state index in [2.05, 4.69) is 5.32 Å². The predicted molar refractivity (Wildman–Crippen MR) is 122 cm³/mol. The van der Waals surface area contributed by atoms with Gasteiger partial charge in [0.25, 0.3) is 12.9 Å². The standard InChI is InChI=1S/C24H21Cl2NO5/c25-17-7-6-16(21(26)11-17)10-23(27-18-4-2-1-3-5-18)24-9-8-22(32-24)19(12-30-14-28)20(24)13-31-15-29/h1-9,11,14-15,22-23,27H,10,12-13H2. The van der Waals surface area contributed by atoms with Crippen molar-refractivity contribution in [1.82, 2.24) is 0 Å². The molecule has 1 N–H and O–H groups in total. The molecule has 2 aromatic rings. The largest absolute Gasteiger partial charge is 0.463 e. The summed E-state index contributed by atoms with van der Waals surface area (Å²) < 4.78 is 16.6. The summed E-state index contributed by atoms with van der Waals surface area (Å²) in [6.07, 6.45) is 4.02. The van der Waals surface area contributed by atoms with Gasteiger partial charge in [-0.25, -0.2) is 0 Å². The molecule has 3 unspecified atom stereocenters. The van der Waals surface area contributed by atoms with Crippen LogP contribution in [0.15, 0.2) is 71.8 Å². The van der Waals surface area contributed by atoms with Gasteiger partial charge in [-0.05, 0) is 42.3 Å². The van der Waals surface area contributed by atoms with Crippen LogP contribution in [0.3, 0.4) is 0 Å². The maximum Gasteiger partial charge on any atom is 0.293 e. The zero-order valence-electron chi connectivity index (χ0n) is 17.0. The first-order valence-corrected chi connectivity index (χ1v) is 10.8. The van der Waals surface area contributed by atoms with Gasteiger partial charge < -0.3 is 19.5 Å². The fraction of sp³-hybridized carbons (Fsp3) is 0.250. The van der Waals surface area contributed by atoms with Gasteiger partial charge in [0.2, 0.25) is 0 Å². The maximum absolute atomic E-state index is 11.0. The van der Waals surface area contributed by atoms with Crippen molar-refractivity contribution in [3.63, 3.8) is 0 Å². The molecule has 0 aliphatic carbocycles. The summed E-state index contributed by atoms with van der Waals surface area (Å²) >= 11 is 12.6. The van der Waals surface area contributed by atoms with Crippen LogP contribution in [0.1, 0.15) is 5.56 Å². The van der Waals surface area contributed by atoms with Crippen LogP contribution in [0.5, 0.6) is 0 Å². The number of hydrogen-bond donors (Lipinski definition) is 1. The molecular formula is C24H21Cl2NO5. The van der Waals surface area contributed by atoms with Gasteiger partial charge in [0.05, 0.1) is 6.04 Å². The Balaban J connectivity index is 1.75. The number of para-hydroxylation sites is 1. The number of rotatable bonds is 11. The lowest BCUT2D eigenvalue weighted by Gasteiger charge is -2.37. The third-order valence-corrected chi connectivity index (χ3v) is 6.30. The van der Waals surface area contributed by atoms with Crippen LogP contribution < -0.4 is 5.32 Å². The Kier molecular flexibility index (Phi) is 6.84. The number of carbonyl (C=O) groups excluding carboxylic acids is 2. The summed E-state index contributed by atoms with van der Waals surface area (Å²) in [7, 11) is 0. The monoisotopic (exact) mass is 473 g/mol. The molecule has 0 saturated carbocycles. The first-order chi connectivity index (χ1) is 15.6. The normalized spacial score (nSPS) is 22.0. The minimum atomic E-state index is -0.923. The van der Waals surface area contributed by atoms with E-state index in [9.17, 15) is 9.59 Å². The molecule has 0 spiro atoms. The van der Waals surface area contributed by atoms with Crippen molar-refractivity contribution in [2.45, 2.75) is 24.2 Å². The molecule has 2 heterocycles. The second-order valence-corrected chi connectivity index (χ2v) is 8.36. The molecule has 2 bridgehead atoms. The number of halogens is 2. The topological polar surface area (TPSA) is 73.9 Å². The van der Waals surface area contributed by atoms with Crippen molar-refractivity contribution in [3.8, 4) is 0 Å². The molecule has 0 amide bonds. The smallest absolute Gasteiger partial charge is 0.293 e. The number of ether oxygens (including phenoxy) is 3. The minimum Gasteiger partial charge on any atom is -0.463 e. The third-order valence-electron chi connectivity index (χ3n) is 5.72. The summed E-state index contributed by atoms with van der Waals surface area (Å²) in [6.45, 7) is 0.853. The molecule has 2 aliphatic heterocycles. The van der Waals surface area contributed by atoms with E-state index in [0.29, 0.717) is 29.4 Å². The number of carbonyl (C=O) groups is 2. The van der Waals surface area contributed by atoms with Gasteiger partial charge in [0.15, 0.2) is 0 Å². The lowest BCUT2D eigenvalue weighted by Crippen LogP contribution is -2.48. The lowest BCUT2D eigenvalue weighted by molar-refractivity contribution is -0.129. The van der Waals surface area contributed by atoms with E-state index in [1.807, 2.05) is 48.6 Å². The average Bonchev–Trinajstić information content (AvgIpc) is 3.36. The van der Waals surface area contributed by atoms with Crippen molar-refractivity contribution in [1.29, 1.82) is 0 Å². The fourth-order valence-corrected chi connectivity index (χ4v) is 4.76. The van der Waals surface area contributed by atoms with Crippen molar-refractivity contribution in [2.75, 3.05) is 18.5 Å². The molecule has 166 valence electrons. The maximum atomic E-state index is 11.0. The van der Waals surface area contributed by atoms with E-state index < -0.39 is 5.60 Å². The van der Waals surface area contributed by atoms with Gasteiger partial charge in [0, 0.05) is 26.9 Å². The van der Waals surface area contributed by atoms with Crippen LogP contribution in [-0.4, -0.2) is 43.9 Å². The van der Waals surface area contributed by atoms with Crippen LogP contribution in [0.2, 0.25) is 10.0 Å². The molecule has 32 heavy (non-hydrogen) atoms. The van der Waals surface area contributed by atoms with Crippen LogP contribution in [-0.2, 0) is 30.2 Å². The molecule has 6 nitrogen and oxygen atoms in total. The molecule has 0 radical (unpaired) electrons. The van der Waals surface area contributed by atoms with E-state index in [0.717, 1.165) is 22.4 Å². The fourth-order valence-electron chi connectivity index (χ4n) is 4.28. The quantitative estimate of drug-likeness (QED) is 0.385. The summed E-state index contributed by atoms with van der Waals surface area (Å²) in [5.41, 5.74) is 2.37. The summed E-state index contributed by atoms with van der Waals surface area (Å²) in [4.78, 5) is 21.8. The molecule has 0 fully saturated rings. The van der Waals surface area contributed by atoms with Gasteiger partial charge in [-0.3, -0.25) is 9.59 Å².